The molecule has 4 nitrogen and oxygen atoms in total. The van der Waals surface area contributed by atoms with Crippen molar-refractivity contribution in [3.63, 3.8) is 0 Å². The molecule has 1 aliphatic heterocycles. The summed E-state index contributed by atoms with van der Waals surface area (Å²) in [4.78, 5) is 12.1. The summed E-state index contributed by atoms with van der Waals surface area (Å²) in [5.74, 6) is -3.14. The first-order valence-electron chi connectivity index (χ1n) is 9.42. The Morgan fingerprint density at radius 1 is 1.24 bits per heavy atom. The number of halogens is 3. The van der Waals surface area contributed by atoms with Gasteiger partial charge in [-0.25, -0.2) is 8.78 Å². The first-order chi connectivity index (χ1) is 13.4. The number of carboxylic acids is 1. The van der Waals surface area contributed by atoms with Gasteiger partial charge in [0.15, 0.2) is 0 Å². The lowest BCUT2D eigenvalue weighted by atomic mass is 9.68. The Morgan fingerprint density at radius 2 is 1.93 bits per heavy atom. The molecule has 2 aromatic rings. The molecule has 1 aliphatic rings. The second-order valence-electron chi connectivity index (χ2n) is 8.89. The van der Waals surface area contributed by atoms with Crippen LogP contribution in [0.3, 0.4) is 0 Å². The molecule has 0 saturated carbocycles. The Balaban J connectivity index is 2.26. The zero-order valence-electron chi connectivity index (χ0n) is 16.5. The summed E-state index contributed by atoms with van der Waals surface area (Å²) < 4.78 is 29.0. The van der Waals surface area contributed by atoms with Crippen LogP contribution in [0.4, 0.5) is 8.78 Å². The third-order valence-electron chi connectivity index (χ3n) is 5.49. The molecule has 1 fully saturated rings. The molecular formula is C22H25ClF2N2O2. The van der Waals surface area contributed by atoms with Gasteiger partial charge < -0.3 is 10.8 Å². The van der Waals surface area contributed by atoms with E-state index in [0.717, 1.165) is 6.07 Å². The minimum Gasteiger partial charge on any atom is -0.480 e. The number of nitrogens with two attached hydrogens (primary N) is 1. The number of aliphatic carboxylic acids is 1. The third-order valence-corrected chi connectivity index (χ3v) is 5.73. The van der Waals surface area contributed by atoms with E-state index in [1.54, 1.807) is 6.07 Å². The van der Waals surface area contributed by atoms with Gasteiger partial charge in [-0.1, -0.05) is 50.6 Å². The van der Waals surface area contributed by atoms with Crippen molar-refractivity contribution >= 4 is 17.6 Å². The van der Waals surface area contributed by atoms with E-state index >= 15 is 4.39 Å². The van der Waals surface area contributed by atoms with Crippen molar-refractivity contribution in [1.29, 1.82) is 0 Å². The number of carbonyl (C=O) groups is 1. The fraction of sp³-hybridized carbons (Fsp3) is 0.409. The molecule has 1 heterocycles. The highest BCUT2D eigenvalue weighted by molar-refractivity contribution is 6.30. The van der Waals surface area contributed by atoms with Crippen LogP contribution in [0.15, 0.2) is 42.5 Å². The van der Waals surface area contributed by atoms with Crippen molar-refractivity contribution in [2.24, 2.45) is 11.1 Å². The van der Waals surface area contributed by atoms with E-state index in [4.69, 9.17) is 17.3 Å². The monoisotopic (exact) mass is 422 g/mol. The predicted molar refractivity (Wildman–Crippen MR) is 109 cm³/mol. The average molecular weight is 423 g/mol. The molecule has 1 saturated heterocycles. The first kappa shape index (κ1) is 21.7. The summed E-state index contributed by atoms with van der Waals surface area (Å²) in [6, 6.07) is 8.17. The maximum Gasteiger partial charge on any atom is 0.321 e. The highest BCUT2D eigenvalue weighted by Crippen LogP contribution is 2.48. The van der Waals surface area contributed by atoms with Crippen LogP contribution >= 0.6 is 11.6 Å². The van der Waals surface area contributed by atoms with Gasteiger partial charge in [0.2, 0.25) is 0 Å². The fourth-order valence-corrected chi connectivity index (χ4v) is 4.52. The second kappa shape index (κ2) is 7.67. The molecule has 156 valence electrons. The summed E-state index contributed by atoms with van der Waals surface area (Å²) in [5, 5.41) is 13.2. The molecule has 0 aromatic heterocycles. The van der Waals surface area contributed by atoms with Gasteiger partial charge in [-0.2, -0.15) is 0 Å². The Morgan fingerprint density at radius 3 is 2.48 bits per heavy atom. The molecule has 7 heteroatoms. The van der Waals surface area contributed by atoms with Gasteiger partial charge in [-0.3, -0.25) is 10.1 Å². The zero-order chi connectivity index (χ0) is 21.6. The zero-order valence-corrected chi connectivity index (χ0v) is 17.3. The van der Waals surface area contributed by atoms with E-state index in [0.29, 0.717) is 12.0 Å². The molecule has 0 bridgehead atoms. The van der Waals surface area contributed by atoms with Gasteiger partial charge in [0.25, 0.3) is 0 Å². The second-order valence-corrected chi connectivity index (χ2v) is 9.33. The molecule has 0 spiro atoms. The fourth-order valence-electron chi connectivity index (χ4n) is 4.36. The van der Waals surface area contributed by atoms with Crippen molar-refractivity contribution in [3.8, 4) is 0 Å². The van der Waals surface area contributed by atoms with Gasteiger partial charge in [-0.05, 0) is 41.7 Å². The van der Waals surface area contributed by atoms with E-state index in [2.05, 4.69) is 5.32 Å². The predicted octanol–water partition coefficient (Wildman–Crippen LogP) is 4.42. The Kier molecular flexibility index (Phi) is 5.73. The summed E-state index contributed by atoms with van der Waals surface area (Å²) in [7, 11) is 0. The van der Waals surface area contributed by atoms with Gasteiger partial charge in [0.05, 0.1) is 5.54 Å². The van der Waals surface area contributed by atoms with Gasteiger partial charge >= 0.3 is 5.97 Å². The van der Waals surface area contributed by atoms with E-state index in [1.165, 1.54) is 30.3 Å². The first-order valence-corrected chi connectivity index (χ1v) is 9.80. The summed E-state index contributed by atoms with van der Waals surface area (Å²) >= 11 is 5.93. The Bertz CT molecular complexity index is 931. The molecule has 4 atom stereocenters. The van der Waals surface area contributed by atoms with Gasteiger partial charge in [0, 0.05) is 22.5 Å². The van der Waals surface area contributed by atoms with Gasteiger partial charge in [0.1, 0.15) is 17.7 Å². The molecule has 0 aliphatic carbocycles. The number of carboxylic acid groups (broad SMARTS) is 1. The van der Waals surface area contributed by atoms with Crippen molar-refractivity contribution in [2.75, 3.05) is 0 Å². The van der Waals surface area contributed by atoms with Crippen LogP contribution < -0.4 is 11.1 Å². The van der Waals surface area contributed by atoms with Crippen LogP contribution in [0.5, 0.6) is 0 Å². The lowest BCUT2D eigenvalue weighted by molar-refractivity contribution is -0.139. The summed E-state index contributed by atoms with van der Waals surface area (Å²) in [5.41, 5.74) is 5.81. The quantitative estimate of drug-likeness (QED) is 0.681. The van der Waals surface area contributed by atoms with Crippen LogP contribution in [-0.4, -0.2) is 23.2 Å². The minimum absolute atomic E-state index is 0.154. The molecule has 0 amide bonds. The van der Waals surface area contributed by atoms with Crippen LogP contribution in [0.25, 0.3) is 0 Å². The summed E-state index contributed by atoms with van der Waals surface area (Å²) in [6.45, 7) is 6.00. The number of benzene rings is 2. The van der Waals surface area contributed by atoms with E-state index < -0.39 is 41.1 Å². The van der Waals surface area contributed by atoms with Crippen molar-refractivity contribution in [3.05, 3.63) is 70.2 Å². The van der Waals surface area contributed by atoms with E-state index in [1.807, 2.05) is 20.8 Å². The maximum absolute atomic E-state index is 15.0. The number of nitrogens with one attached hydrogen (secondary N) is 1. The largest absolute Gasteiger partial charge is 0.480 e. The molecule has 29 heavy (non-hydrogen) atoms. The average Bonchev–Trinajstić information content (AvgIpc) is 2.86. The number of hydrogen-bond acceptors (Lipinski definition) is 3. The molecule has 2 aromatic carbocycles. The minimum atomic E-state index is -1.43. The summed E-state index contributed by atoms with van der Waals surface area (Å²) in [6.07, 6.45) is 0.487. The van der Waals surface area contributed by atoms with Crippen LogP contribution in [0.1, 0.15) is 44.2 Å². The van der Waals surface area contributed by atoms with E-state index in [-0.39, 0.29) is 16.0 Å². The number of rotatable bonds is 4. The van der Waals surface area contributed by atoms with Crippen LogP contribution in [0.2, 0.25) is 5.02 Å². The molecule has 0 radical (unpaired) electrons. The van der Waals surface area contributed by atoms with Crippen molar-refractivity contribution < 1.29 is 18.7 Å². The highest BCUT2D eigenvalue weighted by atomic mass is 35.5. The maximum atomic E-state index is 15.0. The SMILES string of the molecule is CC(C)(C)C[C@@H]1N[C@@H](C(=O)O)[C@H](c2cccc(F)c2)C1(N)c1ccc(Cl)cc1F. The van der Waals surface area contributed by atoms with Crippen molar-refractivity contribution in [1.82, 2.24) is 5.32 Å². The van der Waals surface area contributed by atoms with Crippen molar-refractivity contribution in [2.45, 2.75) is 50.7 Å². The topological polar surface area (TPSA) is 75.3 Å². The molecular weight excluding hydrogens is 398 g/mol. The molecule has 1 unspecified atom stereocenters. The molecule has 3 rings (SSSR count). The third kappa shape index (κ3) is 4.15. The highest BCUT2D eigenvalue weighted by Gasteiger charge is 2.57. The van der Waals surface area contributed by atoms with Crippen LogP contribution in [-0.2, 0) is 10.3 Å². The Labute approximate surface area is 174 Å². The smallest absolute Gasteiger partial charge is 0.321 e. The molecule has 4 N–H and O–H groups in total. The lowest BCUT2D eigenvalue weighted by Crippen LogP contribution is -2.52. The number of hydrogen-bond donors (Lipinski definition) is 3. The van der Waals surface area contributed by atoms with Crippen LogP contribution in [0, 0.1) is 17.0 Å². The Hall–Kier alpha value is -2.02. The van der Waals surface area contributed by atoms with E-state index in [9.17, 15) is 14.3 Å². The normalized spacial score (nSPS) is 27.2. The lowest BCUT2D eigenvalue weighted by Gasteiger charge is -2.39. The standard InChI is InChI=1S/C22H25ClF2N2O2/c1-21(2,3)11-17-22(26,15-8-7-13(23)10-16(15)25)18(19(27-17)20(28)29)12-5-4-6-14(24)9-12/h4-10,17-19,27H,11,26H2,1-3H3,(H,28,29)/t17-,18-,19+,22?/m0/s1. The van der Waals surface area contributed by atoms with Gasteiger partial charge in [-0.15, -0.1) is 0 Å².